The van der Waals surface area contributed by atoms with Crippen LogP contribution >= 0.6 is 0 Å². The Balaban J connectivity index is 1.70. The predicted molar refractivity (Wildman–Crippen MR) is 93.7 cm³/mol. The van der Waals surface area contributed by atoms with Crippen molar-refractivity contribution in [3.8, 4) is 0 Å². The second-order valence-corrected chi connectivity index (χ2v) is 6.79. The molecule has 6 nitrogen and oxygen atoms in total. The largest absolute Gasteiger partial charge is 0.466 e. The molecule has 0 saturated heterocycles. The number of fused-ring (bicyclic) bond motifs is 3. The molecule has 0 spiro atoms. The average molecular weight is 357 g/mol. The first-order chi connectivity index (χ1) is 12.6. The standard InChI is InChI=1S/C20H23NO5/c1-2-25-19(23)17-14-8-9-16(15(10-14)11-22)18(17)21-20(24)26-12-13-6-4-3-5-7-13/h3-7,14,16-18H,2,8-10,12H2,1H3,(H,21,24)/t14-,16-,17+,18+/m1/s1. The highest BCUT2D eigenvalue weighted by Crippen LogP contribution is 2.47. The fraction of sp³-hybridized carbons (Fsp3) is 0.500. The van der Waals surface area contributed by atoms with Gasteiger partial charge in [-0.1, -0.05) is 30.3 Å². The van der Waals surface area contributed by atoms with Crippen molar-refractivity contribution in [2.24, 2.45) is 17.8 Å². The number of alkyl carbamates (subject to hydrolysis) is 1. The van der Waals surface area contributed by atoms with Gasteiger partial charge in [-0.05, 0) is 37.7 Å². The zero-order chi connectivity index (χ0) is 18.5. The van der Waals surface area contributed by atoms with Crippen molar-refractivity contribution in [2.75, 3.05) is 6.61 Å². The lowest BCUT2D eigenvalue weighted by molar-refractivity contribution is -0.154. The van der Waals surface area contributed by atoms with Gasteiger partial charge in [-0.3, -0.25) is 4.79 Å². The number of hydrogen-bond acceptors (Lipinski definition) is 5. The first-order valence-corrected chi connectivity index (χ1v) is 9.01. The topological polar surface area (TPSA) is 81.7 Å². The molecule has 3 saturated carbocycles. The third kappa shape index (κ3) is 3.81. The maximum absolute atomic E-state index is 12.4. The summed E-state index contributed by atoms with van der Waals surface area (Å²) < 4.78 is 10.5. The zero-order valence-corrected chi connectivity index (χ0v) is 14.8. The Kier molecular flexibility index (Phi) is 5.74. The van der Waals surface area contributed by atoms with E-state index in [0.29, 0.717) is 12.0 Å². The molecule has 0 heterocycles. The van der Waals surface area contributed by atoms with Crippen LogP contribution in [0.4, 0.5) is 4.79 Å². The molecule has 1 N–H and O–H groups in total. The van der Waals surface area contributed by atoms with Crippen molar-refractivity contribution in [3.05, 3.63) is 41.5 Å². The molecule has 0 aliphatic heterocycles. The number of rotatable bonds is 5. The number of esters is 1. The van der Waals surface area contributed by atoms with Crippen LogP contribution in [-0.4, -0.2) is 30.7 Å². The molecule has 1 aromatic carbocycles. The molecule has 3 aliphatic rings. The number of amides is 1. The number of ether oxygens (including phenoxy) is 2. The fourth-order valence-corrected chi connectivity index (χ4v) is 4.14. The van der Waals surface area contributed by atoms with Crippen LogP contribution in [0.3, 0.4) is 0 Å². The molecular formula is C20H23NO5. The number of benzene rings is 1. The van der Waals surface area contributed by atoms with Gasteiger partial charge >= 0.3 is 12.1 Å². The van der Waals surface area contributed by atoms with E-state index >= 15 is 0 Å². The number of carbonyl (C=O) groups excluding carboxylic acids is 3. The zero-order valence-electron chi connectivity index (χ0n) is 14.8. The van der Waals surface area contributed by atoms with Crippen LogP contribution in [0.5, 0.6) is 0 Å². The lowest BCUT2D eigenvalue weighted by Gasteiger charge is -2.47. The molecule has 1 aromatic rings. The smallest absolute Gasteiger partial charge is 0.407 e. The maximum atomic E-state index is 12.4. The quantitative estimate of drug-likeness (QED) is 0.647. The number of nitrogens with one attached hydrogen (secondary N) is 1. The van der Waals surface area contributed by atoms with E-state index in [2.05, 4.69) is 5.32 Å². The van der Waals surface area contributed by atoms with Crippen molar-refractivity contribution in [3.63, 3.8) is 0 Å². The van der Waals surface area contributed by atoms with Gasteiger partial charge in [0.2, 0.25) is 0 Å². The van der Waals surface area contributed by atoms with Crippen LogP contribution in [0.15, 0.2) is 35.9 Å². The highest BCUT2D eigenvalue weighted by Gasteiger charge is 2.51. The van der Waals surface area contributed by atoms with E-state index in [1.165, 1.54) is 0 Å². The summed E-state index contributed by atoms with van der Waals surface area (Å²) in [5.41, 5.74) is 1.53. The molecule has 0 aromatic heterocycles. The van der Waals surface area contributed by atoms with E-state index in [1.54, 1.807) is 6.92 Å². The molecule has 3 fully saturated rings. The molecule has 1 amide bonds. The summed E-state index contributed by atoms with van der Waals surface area (Å²) in [4.78, 5) is 36.0. The van der Waals surface area contributed by atoms with Gasteiger partial charge in [0.15, 0.2) is 0 Å². The van der Waals surface area contributed by atoms with E-state index in [1.807, 2.05) is 36.3 Å². The van der Waals surface area contributed by atoms with Crippen LogP contribution in [0, 0.1) is 17.8 Å². The molecule has 0 radical (unpaired) electrons. The fourth-order valence-electron chi connectivity index (χ4n) is 4.14. The Morgan fingerprint density at radius 1 is 1.19 bits per heavy atom. The molecular weight excluding hydrogens is 334 g/mol. The van der Waals surface area contributed by atoms with Crippen LogP contribution < -0.4 is 5.32 Å². The first kappa shape index (κ1) is 18.2. The Hall–Kier alpha value is -2.59. The van der Waals surface area contributed by atoms with Gasteiger partial charge in [-0.25, -0.2) is 9.59 Å². The Morgan fingerprint density at radius 3 is 2.65 bits per heavy atom. The van der Waals surface area contributed by atoms with Crippen molar-refractivity contribution >= 4 is 18.0 Å². The van der Waals surface area contributed by atoms with E-state index in [9.17, 15) is 14.4 Å². The van der Waals surface area contributed by atoms with Gasteiger partial charge in [0.25, 0.3) is 0 Å². The van der Waals surface area contributed by atoms with Crippen molar-refractivity contribution in [2.45, 2.75) is 38.8 Å². The van der Waals surface area contributed by atoms with Crippen LogP contribution in [-0.2, 0) is 25.7 Å². The summed E-state index contributed by atoms with van der Waals surface area (Å²) in [5, 5.41) is 2.81. The molecule has 138 valence electrons. The van der Waals surface area contributed by atoms with Gasteiger partial charge in [-0.15, -0.1) is 0 Å². The molecule has 2 bridgehead atoms. The van der Waals surface area contributed by atoms with E-state index in [0.717, 1.165) is 18.4 Å². The molecule has 3 aliphatic carbocycles. The normalized spacial score (nSPS) is 26.7. The SMILES string of the molecule is CCOC(=O)[C@H]1[C@@H]2CC[C@H](C(=C=O)C2)[C@@H]1NC(=O)OCc1ccccc1. The van der Waals surface area contributed by atoms with Gasteiger partial charge in [0.1, 0.15) is 12.5 Å². The van der Waals surface area contributed by atoms with Gasteiger partial charge < -0.3 is 14.8 Å². The average Bonchev–Trinajstić information content (AvgIpc) is 2.67. The Bertz CT molecular complexity index is 710. The van der Waals surface area contributed by atoms with Gasteiger partial charge in [-0.2, -0.15) is 0 Å². The molecule has 26 heavy (non-hydrogen) atoms. The van der Waals surface area contributed by atoms with Gasteiger partial charge in [0, 0.05) is 11.5 Å². The van der Waals surface area contributed by atoms with Crippen LogP contribution in [0.25, 0.3) is 0 Å². The third-order valence-electron chi connectivity index (χ3n) is 5.29. The monoisotopic (exact) mass is 357 g/mol. The summed E-state index contributed by atoms with van der Waals surface area (Å²) in [6.07, 6.45) is 1.56. The van der Waals surface area contributed by atoms with E-state index in [-0.39, 0.29) is 31.0 Å². The van der Waals surface area contributed by atoms with Crippen molar-refractivity contribution in [1.82, 2.24) is 5.32 Å². The number of carbonyl (C=O) groups is 2. The Labute approximate surface area is 152 Å². The van der Waals surface area contributed by atoms with E-state index in [4.69, 9.17) is 9.47 Å². The second kappa shape index (κ2) is 8.19. The van der Waals surface area contributed by atoms with Crippen LogP contribution in [0.2, 0.25) is 0 Å². The minimum atomic E-state index is -0.592. The Morgan fingerprint density at radius 2 is 1.96 bits per heavy atom. The van der Waals surface area contributed by atoms with Crippen LogP contribution in [0.1, 0.15) is 31.7 Å². The number of hydrogen-bond donors (Lipinski definition) is 1. The lowest BCUT2D eigenvalue weighted by Crippen LogP contribution is -2.57. The summed E-state index contributed by atoms with van der Waals surface area (Å²) in [6.45, 7) is 2.19. The van der Waals surface area contributed by atoms with Crippen molar-refractivity contribution < 1.29 is 23.9 Å². The van der Waals surface area contributed by atoms with Crippen molar-refractivity contribution in [1.29, 1.82) is 0 Å². The molecule has 0 unspecified atom stereocenters. The maximum Gasteiger partial charge on any atom is 0.407 e. The molecule has 4 rings (SSSR count). The summed E-state index contributed by atoms with van der Waals surface area (Å²) in [7, 11) is 0. The lowest BCUT2D eigenvalue weighted by atomic mass is 9.60. The molecule has 6 heteroatoms. The first-order valence-electron chi connectivity index (χ1n) is 9.01. The minimum Gasteiger partial charge on any atom is -0.466 e. The highest BCUT2D eigenvalue weighted by molar-refractivity contribution is 5.77. The third-order valence-corrected chi connectivity index (χ3v) is 5.29. The van der Waals surface area contributed by atoms with E-state index < -0.39 is 18.1 Å². The highest BCUT2D eigenvalue weighted by atomic mass is 16.5. The second-order valence-electron chi connectivity index (χ2n) is 6.79. The summed E-state index contributed by atoms with van der Waals surface area (Å²) in [6, 6.07) is 8.87. The summed E-state index contributed by atoms with van der Waals surface area (Å²) in [5.74, 6) is 1.05. The minimum absolute atomic E-state index is 0.00470. The summed E-state index contributed by atoms with van der Waals surface area (Å²) >= 11 is 0. The molecule has 4 atom stereocenters. The van der Waals surface area contributed by atoms with Gasteiger partial charge in [0.05, 0.1) is 18.6 Å². The predicted octanol–water partition coefficient (Wildman–Crippen LogP) is 2.65.